The number of aromatic nitrogens is 1. The summed E-state index contributed by atoms with van der Waals surface area (Å²) in [6.45, 7) is 2.06. The van der Waals surface area contributed by atoms with Gasteiger partial charge in [0.15, 0.2) is 0 Å². The second-order valence-electron chi connectivity index (χ2n) is 4.43. The number of carbonyl (C=O) groups excluding carboxylic acids is 1. The second kappa shape index (κ2) is 6.00. The molecule has 1 aliphatic rings. The summed E-state index contributed by atoms with van der Waals surface area (Å²) in [6, 6.07) is 0.346. The summed E-state index contributed by atoms with van der Waals surface area (Å²) >= 11 is 1.59. The van der Waals surface area contributed by atoms with Crippen molar-refractivity contribution in [1.29, 1.82) is 0 Å². The minimum absolute atomic E-state index is 0.0383. The van der Waals surface area contributed by atoms with Crippen molar-refractivity contribution in [3.8, 4) is 0 Å². The fraction of sp³-hybridized carbons (Fsp3) is 0.667. The molecular weight excluding hydrogens is 234 g/mol. The third kappa shape index (κ3) is 3.43. The Balaban J connectivity index is 1.83. The van der Waals surface area contributed by atoms with E-state index in [9.17, 15) is 4.79 Å². The van der Waals surface area contributed by atoms with E-state index in [0.29, 0.717) is 6.04 Å². The van der Waals surface area contributed by atoms with Gasteiger partial charge in [-0.2, -0.15) is 0 Å². The SMILES string of the molecule is CCC(NC(=O)NC1CCCC1)c1nccs1. The second-order valence-corrected chi connectivity index (χ2v) is 5.36. The molecule has 1 fully saturated rings. The molecule has 1 aliphatic carbocycles. The van der Waals surface area contributed by atoms with E-state index < -0.39 is 0 Å². The Morgan fingerprint density at radius 2 is 2.35 bits per heavy atom. The number of carbonyl (C=O) groups is 1. The third-order valence-electron chi connectivity index (χ3n) is 3.15. The molecule has 2 amide bonds. The maximum absolute atomic E-state index is 11.8. The molecule has 0 bridgehead atoms. The van der Waals surface area contributed by atoms with Crippen molar-refractivity contribution in [2.75, 3.05) is 0 Å². The molecule has 1 saturated carbocycles. The fourth-order valence-electron chi connectivity index (χ4n) is 2.20. The smallest absolute Gasteiger partial charge is 0.315 e. The van der Waals surface area contributed by atoms with Crippen molar-refractivity contribution >= 4 is 17.4 Å². The maximum Gasteiger partial charge on any atom is 0.315 e. The Bertz CT molecular complexity index is 347. The number of rotatable bonds is 4. The number of hydrogen-bond acceptors (Lipinski definition) is 3. The first-order valence-electron chi connectivity index (χ1n) is 6.26. The van der Waals surface area contributed by atoms with Crippen LogP contribution in [0.2, 0.25) is 0 Å². The van der Waals surface area contributed by atoms with Gasteiger partial charge in [-0.3, -0.25) is 0 Å². The lowest BCUT2D eigenvalue weighted by atomic mass is 10.2. The standard InChI is InChI=1S/C12H19N3OS/c1-2-10(11-13-7-8-17-11)15-12(16)14-9-5-3-4-6-9/h7-10H,2-6H2,1H3,(H2,14,15,16). The Morgan fingerprint density at radius 3 is 2.94 bits per heavy atom. The van der Waals surface area contributed by atoms with Crippen LogP contribution >= 0.6 is 11.3 Å². The van der Waals surface area contributed by atoms with Crippen molar-refractivity contribution in [2.24, 2.45) is 0 Å². The molecule has 1 atom stereocenters. The molecule has 0 aromatic carbocycles. The van der Waals surface area contributed by atoms with Crippen LogP contribution in [0.4, 0.5) is 4.79 Å². The summed E-state index contributed by atoms with van der Waals surface area (Å²) in [4.78, 5) is 16.1. The van der Waals surface area contributed by atoms with E-state index in [2.05, 4.69) is 22.5 Å². The highest BCUT2D eigenvalue weighted by atomic mass is 32.1. The molecule has 2 rings (SSSR count). The number of nitrogens with one attached hydrogen (secondary N) is 2. The Hall–Kier alpha value is -1.10. The minimum Gasteiger partial charge on any atom is -0.335 e. The Morgan fingerprint density at radius 1 is 1.59 bits per heavy atom. The molecule has 1 unspecified atom stereocenters. The van der Waals surface area contributed by atoms with E-state index in [0.717, 1.165) is 24.3 Å². The summed E-state index contributed by atoms with van der Waals surface area (Å²) in [5, 5.41) is 8.95. The largest absolute Gasteiger partial charge is 0.335 e. The van der Waals surface area contributed by atoms with Crippen LogP contribution in [-0.2, 0) is 0 Å². The molecule has 1 heterocycles. The van der Waals surface area contributed by atoms with Gasteiger partial charge in [-0.25, -0.2) is 9.78 Å². The number of amides is 2. The van der Waals surface area contributed by atoms with Gasteiger partial charge in [-0.1, -0.05) is 19.8 Å². The molecule has 4 nitrogen and oxygen atoms in total. The van der Waals surface area contributed by atoms with Crippen molar-refractivity contribution in [2.45, 2.75) is 51.1 Å². The predicted molar refractivity (Wildman–Crippen MR) is 69.1 cm³/mol. The summed E-state index contributed by atoms with van der Waals surface area (Å²) in [5.41, 5.74) is 0. The van der Waals surface area contributed by atoms with Crippen LogP contribution < -0.4 is 10.6 Å². The summed E-state index contributed by atoms with van der Waals surface area (Å²) in [6.07, 6.45) is 7.33. The molecule has 17 heavy (non-hydrogen) atoms. The number of thiazole rings is 1. The monoisotopic (exact) mass is 253 g/mol. The number of nitrogens with zero attached hydrogens (tertiary/aromatic N) is 1. The molecule has 0 radical (unpaired) electrons. The lowest BCUT2D eigenvalue weighted by molar-refractivity contribution is 0.233. The van der Waals surface area contributed by atoms with E-state index in [4.69, 9.17) is 0 Å². The first-order valence-corrected chi connectivity index (χ1v) is 7.14. The molecule has 1 aromatic rings. The number of urea groups is 1. The molecule has 0 spiro atoms. The normalized spacial score (nSPS) is 17.9. The fourth-order valence-corrected chi connectivity index (χ4v) is 2.97. The molecule has 5 heteroatoms. The van der Waals surface area contributed by atoms with E-state index in [1.165, 1.54) is 12.8 Å². The highest BCUT2D eigenvalue weighted by molar-refractivity contribution is 7.09. The molecule has 2 N–H and O–H groups in total. The van der Waals surface area contributed by atoms with Gasteiger partial charge in [0.2, 0.25) is 0 Å². The van der Waals surface area contributed by atoms with Gasteiger partial charge < -0.3 is 10.6 Å². The van der Waals surface area contributed by atoms with Gasteiger partial charge in [0, 0.05) is 17.6 Å². The van der Waals surface area contributed by atoms with Crippen molar-refractivity contribution < 1.29 is 4.79 Å². The minimum atomic E-state index is -0.0565. The van der Waals surface area contributed by atoms with Crippen LogP contribution in [0.25, 0.3) is 0 Å². The molecule has 94 valence electrons. The molecular formula is C12H19N3OS. The van der Waals surface area contributed by atoms with Gasteiger partial charge in [0.25, 0.3) is 0 Å². The van der Waals surface area contributed by atoms with Crippen LogP contribution in [-0.4, -0.2) is 17.1 Å². The summed E-state index contributed by atoms with van der Waals surface area (Å²) in [7, 11) is 0. The van der Waals surface area contributed by atoms with E-state index in [1.807, 2.05) is 5.38 Å². The lowest BCUT2D eigenvalue weighted by Gasteiger charge is -2.17. The lowest BCUT2D eigenvalue weighted by Crippen LogP contribution is -2.42. The predicted octanol–water partition coefficient (Wildman–Crippen LogP) is 2.84. The highest BCUT2D eigenvalue weighted by Gasteiger charge is 2.19. The van der Waals surface area contributed by atoms with Gasteiger partial charge in [0.05, 0.1) is 6.04 Å². The zero-order valence-corrected chi connectivity index (χ0v) is 10.9. The van der Waals surface area contributed by atoms with E-state index in [1.54, 1.807) is 17.5 Å². The molecule has 1 aromatic heterocycles. The zero-order chi connectivity index (χ0) is 12.1. The van der Waals surface area contributed by atoms with Crippen LogP contribution in [0.3, 0.4) is 0 Å². The number of hydrogen-bond donors (Lipinski definition) is 2. The topological polar surface area (TPSA) is 54.0 Å². The Labute approximate surface area is 106 Å². The summed E-state index contributed by atoms with van der Waals surface area (Å²) < 4.78 is 0. The van der Waals surface area contributed by atoms with E-state index >= 15 is 0 Å². The first kappa shape index (κ1) is 12.4. The molecule has 0 aliphatic heterocycles. The Kier molecular flexibility index (Phi) is 4.36. The quantitative estimate of drug-likeness (QED) is 0.867. The van der Waals surface area contributed by atoms with Crippen LogP contribution in [0.1, 0.15) is 50.1 Å². The van der Waals surface area contributed by atoms with Gasteiger partial charge >= 0.3 is 6.03 Å². The average molecular weight is 253 g/mol. The first-order chi connectivity index (χ1) is 8.29. The third-order valence-corrected chi connectivity index (χ3v) is 4.04. The van der Waals surface area contributed by atoms with Gasteiger partial charge in [-0.05, 0) is 19.3 Å². The van der Waals surface area contributed by atoms with Crippen LogP contribution in [0.5, 0.6) is 0 Å². The van der Waals surface area contributed by atoms with E-state index in [-0.39, 0.29) is 12.1 Å². The van der Waals surface area contributed by atoms with Crippen molar-refractivity contribution in [3.05, 3.63) is 16.6 Å². The van der Waals surface area contributed by atoms with Crippen molar-refractivity contribution in [3.63, 3.8) is 0 Å². The highest BCUT2D eigenvalue weighted by Crippen LogP contribution is 2.20. The van der Waals surface area contributed by atoms with Crippen molar-refractivity contribution in [1.82, 2.24) is 15.6 Å². The molecule has 0 saturated heterocycles. The summed E-state index contributed by atoms with van der Waals surface area (Å²) in [5.74, 6) is 0. The van der Waals surface area contributed by atoms with Gasteiger partial charge in [-0.15, -0.1) is 11.3 Å². The van der Waals surface area contributed by atoms with Crippen LogP contribution in [0.15, 0.2) is 11.6 Å². The van der Waals surface area contributed by atoms with Gasteiger partial charge in [0.1, 0.15) is 5.01 Å². The van der Waals surface area contributed by atoms with Crippen LogP contribution in [0, 0.1) is 0 Å². The maximum atomic E-state index is 11.8. The average Bonchev–Trinajstić information content (AvgIpc) is 2.97. The zero-order valence-electron chi connectivity index (χ0n) is 10.1.